The minimum Gasteiger partial charge on any atom is -0.267 e. The summed E-state index contributed by atoms with van der Waals surface area (Å²) in [6, 6.07) is 15.1. The van der Waals surface area contributed by atoms with E-state index < -0.39 is 4.92 Å². The van der Waals surface area contributed by atoms with E-state index in [4.69, 9.17) is 0 Å². The second-order valence-corrected chi connectivity index (χ2v) is 7.09. The lowest BCUT2D eigenvalue weighted by atomic mass is 10.2. The molecule has 0 aliphatic heterocycles. The van der Waals surface area contributed by atoms with Crippen molar-refractivity contribution in [3.8, 4) is 0 Å². The fourth-order valence-electron chi connectivity index (χ4n) is 2.50. The molecule has 8 nitrogen and oxygen atoms in total. The molecule has 1 N–H and O–H groups in total. The summed E-state index contributed by atoms with van der Waals surface area (Å²) < 4.78 is 0. The summed E-state index contributed by atoms with van der Waals surface area (Å²) in [6.07, 6.45) is 1.36. The number of benzene rings is 2. The van der Waals surface area contributed by atoms with E-state index in [1.54, 1.807) is 36.4 Å². The lowest BCUT2D eigenvalue weighted by molar-refractivity contribution is -0.387. The van der Waals surface area contributed by atoms with Crippen LogP contribution in [0.5, 0.6) is 0 Å². The molecule has 1 heterocycles. The van der Waals surface area contributed by atoms with E-state index >= 15 is 0 Å². The lowest BCUT2D eigenvalue weighted by Crippen LogP contribution is -2.17. The molecule has 3 rings (SSSR count). The number of amides is 1. The Labute approximate surface area is 171 Å². The number of nitro benzene ring substituents is 1. The van der Waals surface area contributed by atoms with Gasteiger partial charge in [0.15, 0.2) is 5.16 Å². The van der Waals surface area contributed by atoms with Crippen molar-refractivity contribution < 1.29 is 9.72 Å². The maximum Gasteiger partial charge on any atom is 0.283 e. The fourth-order valence-corrected chi connectivity index (χ4v) is 3.45. The van der Waals surface area contributed by atoms with Gasteiger partial charge in [-0.05, 0) is 49.9 Å². The number of nitrogens with zero attached hydrogens (tertiary/aromatic N) is 4. The monoisotopic (exact) mass is 407 g/mol. The predicted molar refractivity (Wildman–Crippen MR) is 110 cm³/mol. The van der Waals surface area contributed by atoms with Crippen LogP contribution in [0.4, 0.5) is 5.69 Å². The SMILES string of the molecule is Cc1cc(C)nc(Sc2ccc(/C=N/NC(=O)c3ccccc3)cc2[N+](=O)[O-])n1. The minimum atomic E-state index is -0.467. The maximum absolute atomic E-state index is 12.0. The van der Waals surface area contributed by atoms with Gasteiger partial charge in [0, 0.05) is 28.6 Å². The number of carbonyl (C=O) groups excluding carboxylic acids is 1. The quantitative estimate of drug-likeness (QED) is 0.287. The van der Waals surface area contributed by atoms with Gasteiger partial charge in [0.2, 0.25) is 0 Å². The van der Waals surface area contributed by atoms with Crippen molar-refractivity contribution in [2.45, 2.75) is 23.9 Å². The standard InChI is InChI=1S/C20H17N5O3S/c1-13-10-14(2)23-20(22-13)29-18-9-8-15(11-17(18)25(27)28)12-21-24-19(26)16-6-4-3-5-7-16/h3-12H,1-2H3,(H,24,26)/b21-12+. The molecule has 0 fully saturated rings. The first-order valence-corrected chi connectivity index (χ1v) is 9.41. The molecule has 0 aliphatic carbocycles. The topological polar surface area (TPSA) is 110 Å². The number of aromatic nitrogens is 2. The summed E-state index contributed by atoms with van der Waals surface area (Å²) >= 11 is 1.13. The number of hydrogen-bond donors (Lipinski definition) is 1. The number of nitro groups is 1. The van der Waals surface area contributed by atoms with Gasteiger partial charge in [-0.25, -0.2) is 15.4 Å². The third kappa shape index (κ3) is 5.45. The first-order chi connectivity index (χ1) is 13.9. The fraction of sp³-hybridized carbons (Fsp3) is 0.100. The number of aryl methyl sites for hydroxylation is 2. The zero-order chi connectivity index (χ0) is 20.8. The van der Waals surface area contributed by atoms with Gasteiger partial charge < -0.3 is 0 Å². The van der Waals surface area contributed by atoms with E-state index in [-0.39, 0.29) is 11.6 Å². The van der Waals surface area contributed by atoms with Gasteiger partial charge in [-0.2, -0.15) is 5.10 Å². The molecular weight excluding hydrogens is 390 g/mol. The van der Waals surface area contributed by atoms with Crippen LogP contribution in [-0.2, 0) is 0 Å². The first-order valence-electron chi connectivity index (χ1n) is 8.59. The van der Waals surface area contributed by atoms with Crippen molar-refractivity contribution in [3.05, 3.63) is 87.2 Å². The summed E-state index contributed by atoms with van der Waals surface area (Å²) in [5, 5.41) is 15.8. The van der Waals surface area contributed by atoms with Crippen molar-refractivity contribution in [1.29, 1.82) is 0 Å². The number of rotatable bonds is 6. The van der Waals surface area contributed by atoms with E-state index in [1.165, 1.54) is 12.3 Å². The molecule has 0 radical (unpaired) electrons. The highest BCUT2D eigenvalue weighted by Gasteiger charge is 2.17. The molecular formula is C20H17N5O3S. The number of hydrogen-bond acceptors (Lipinski definition) is 7. The molecule has 1 amide bonds. The Hall–Kier alpha value is -3.59. The van der Waals surface area contributed by atoms with Crippen LogP contribution in [0.25, 0.3) is 0 Å². The van der Waals surface area contributed by atoms with Gasteiger partial charge >= 0.3 is 0 Å². The Bertz CT molecular complexity index is 1070. The third-order valence-corrected chi connectivity index (χ3v) is 4.69. The minimum absolute atomic E-state index is 0.0869. The lowest BCUT2D eigenvalue weighted by Gasteiger charge is -2.05. The Morgan fingerprint density at radius 2 is 1.79 bits per heavy atom. The number of nitrogens with one attached hydrogen (secondary N) is 1. The van der Waals surface area contributed by atoms with Crippen LogP contribution in [0.1, 0.15) is 27.3 Å². The Morgan fingerprint density at radius 1 is 1.10 bits per heavy atom. The van der Waals surface area contributed by atoms with E-state index in [9.17, 15) is 14.9 Å². The molecule has 3 aromatic rings. The van der Waals surface area contributed by atoms with E-state index in [1.807, 2.05) is 26.0 Å². The molecule has 0 aliphatic rings. The molecule has 0 saturated carbocycles. The summed E-state index contributed by atoms with van der Waals surface area (Å²) in [6.45, 7) is 3.69. The number of carbonyl (C=O) groups is 1. The zero-order valence-corrected chi connectivity index (χ0v) is 16.5. The Kier molecular flexibility index (Phi) is 6.30. The van der Waals surface area contributed by atoms with Gasteiger partial charge in [-0.15, -0.1) is 0 Å². The first kappa shape index (κ1) is 20.2. The summed E-state index contributed by atoms with van der Waals surface area (Å²) in [5.74, 6) is -0.365. The molecule has 0 unspecified atom stereocenters. The normalized spacial score (nSPS) is 10.8. The third-order valence-electron chi connectivity index (χ3n) is 3.76. The van der Waals surface area contributed by atoms with Crippen molar-refractivity contribution in [3.63, 3.8) is 0 Å². The highest BCUT2D eigenvalue weighted by Crippen LogP contribution is 2.33. The molecule has 0 bridgehead atoms. The molecule has 0 atom stereocenters. The summed E-state index contributed by atoms with van der Waals surface area (Å²) in [7, 11) is 0. The van der Waals surface area contributed by atoms with Crippen molar-refractivity contribution in [1.82, 2.24) is 15.4 Å². The maximum atomic E-state index is 12.0. The Balaban J connectivity index is 1.77. The molecule has 0 spiro atoms. The molecule has 9 heteroatoms. The van der Waals surface area contributed by atoms with Crippen LogP contribution in [0.15, 0.2) is 69.8 Å². The highest BCUT2D eigenvalue weighted by atomic mass is 32.2. The molecule has 146 valence electrons. The van der Waals surface area contributed by atoms with E-state index in [0.29, 0.717) is 21.2 Å². The molecule has 2 aromatic carbocycles. The van der Waals surface area contributed by atoms with Gasteiger partial charge in [0.05, 0.1) is 16.0 Å². The number of hydrazone groups is 1. The summed E-state index contributed by atoms with van der Waals surface area (Å²) in [5.41, 5.74) is 4.85. The van der Waals surface area contributed by atoms with Crippen LogP contribution in [0, 0.1) is 24.0 Å². The van der Waals surface area contributed by atoms with Crippen molar-refractivity contribution in [2.24, 2.45) is 5.10 Å². The van der Waals surface area contributed by atoms with Crippen LogP contribution in [0.2, 0.25) is 0 Å². The van der Waals surface area contributed by atoms with Crippen LogP contribution < -0.4 is 5.43 Å². The van der Waals surface area contributed by atoms with Crippen LogP contribution in [0.3, 0.4) is 0 Å². The van der Waals surface area contributed by atoms with Gasteiger partial charge in [0.25, 0.3) is 11.6 Å². The molecule has 0 saturated heterocycles. The smallest absolute Gasteiger partial charge is 0.267 e. The van der Waals surface area contributed by atoms with Gasteiger partial charge in [0.1, 0.15) is 0 Å². The summed E-state index contributed by atoms with van der Waals surface area (Å²) in [4.78, 5) is 32.0. The predicted octanol–water partition coefficient (Wildman–Crippen LogP) is 3.92. The van der Waals surface area contributed by atoms with Crippen molar-refractivity contribution in [2.75, 3.05) is 0 Å². The molecule has 1 aromatic heterocycles. The van der Waals surface area contributed by atoms with Crippen molar-refractivity contribution >= 4 is 29.6 Å². The second-order valence-electron chi connectivity index (χ2n) is 6.08. The van der Waals surface area contributed by atoms with Crippen LogP contribution >= 0.6 is 11.8 Å². The largest absolute Gasteiger partial charge is 0.283 e. The zero-order valence-electron chi connectivity index (χ0n) is 15.7. The van der Waals surface area contributed by atoms with Crippen LogP contribution in [-0.4, -0.2) is 27.0 Å². The Morgan fingerprint density at radius 3 is 2.45 bits per heavy atom. The van der Waals surface area contributed by atoms with Gasteiger partial charge in [-0.3, -0.25) is 14.9 Å². The average Bonchev–Trinajstić information content (AvgIpc) is 2.68. The average molecular weight is 407 g/mol. The van der Waals surface area contributed by atoms with E-state index in [2.05, 4.69) is 20.5 Å². The second kappa shape index (κ2) is 9.07. The molecule has 29 heavy (non-hydrogen) atoms. The van der Waals surface area contributed by atoms with E-state index in [0.717, 1.165) is 23.1 Å². The highest BCUT2D eigenvalue weighted by molar-refractivity contribution is 7.99. The van der Waals surface area contributed by atoms with Gasteiger partial charge in [-0.1, -0.05) is 24.3 Å².